The molecule has 2 atom stereocenters. The molecule has 4 rings (SSSR count). The molecular weight excluding hydrogens is 454 g/mol. The standard InChI is InChI=1S/C23H19F4N5O2/c1-13-11-31(12-17-10-30-21(32(13)17)22(2,34)23(25,26)27)20(33)16-6-15(8-29-9-16)18-4-3-14(7-28)5-19(18)24/h3-6,8-10,13,34H,11-12H2,1-2H3/t13-,22?/m0/s1. The molecule has 0 aliphatic carbocycles. The summed E-state index contributed by atoms with van der Waals surface area (Å²) in [6.07, 6.45) is -0.995. The summed E-state index contributed by atoms with van der Waals surface area (Å²) in [5.41, 5.74) is -1.96. The zero-order valence-electron chi connectivity index (χ0n) is 18.1. The third-order valence-electron chi connectivity index (χ3n) is 5.82. The van der Waals surface area contributed by atoms with Gasteiger partial charge in [0.2, 0.25) is 5.60 Å². The van der Waals surface area contributed by atoms with Crippen LogP contribution >= 0.6 is 0 Å². The molecule has 0 fully saturated rings. The van der Waals surface area contributed by atoms with Crippen LogP contribution in [-0.2, 0) is 12.1 Å². The van der Waals surface area contributed by atoms with E-state index in [-0.39, 0.29) is 29.8 Å². The first-order chi connectivity index (χ1) is 15.9. The van der Waals surface area contributed by atoms with Gasteiger partial charge >= 0.3 is 6.18 Å². The molecule has 1 aromatic carbocycles. The molecular formula is C23H19F4N5O2. The summed E-state index contributed by atoms with van der Waals surface area (Å²) in [5.74, 6) is -1.61. The van der Waals surface area contributed by atoms with Crippen LogP contribution in [-0.4, -0.2) is 43.2 Å². The number of rotatable bonds is 3. The van der Waals surface area contributed by atoms with Crippen molar-refractivity contribution in [3.63, 3.8) is 0 Å². The number of aromatic nitrogens is 3. The molecule has 1 N–H and O–H groups in total. The minimum absolute atomic E-state index is 0.0282. The number of hydrogen-bond acceptors (Lipinski definition) is 5. The number of pyridine rings is 1. The fraction of sp³-hybridized carbons (Fsp3) is 0.304. The maximum absolute atomic E-state index is 14.4. The van der Waals surface area contributed by atoms with E-state index in [1.54, 1.807) is 6.92 Å². The lowest BCUT2D eigenvalue weighted by Gasteiger charge is -2.36. The number of amides is 1. The number of alkyl halides is 3. The van der Waals surface area contributed by atoms with Crippen molar-refractivity contribution in [1.29, 1.82) is 5.26 Å². The summed E-state index contributed by atoms with van der Waals surface area (Å²) in [7, 11) is 0. The zero-order chi connectivity index (χ0) is 24.8. The van der Waals surface area contributed by atoms with Gasteiger partial charge in [-0.3, -0.25) is 9.78 Å². The van der Waals surface area contributed by atoms with Crippen molar-refractivity contribution in [2.45, 2.75) is 38.2 Å². The van der Waals surface area contributed by atoms with Crippen LogP contribution in [0, 0.1) is 17.1 Å². The number of nitriles is 1. The third-order valence-corrected chi connectivity index (χ3v) is 5.82. The molecule has 0 spiro atoms. The number of carbonyl (C=O) groups is 1. The number of nitrogens with zero attached hydrogens (tertiary/aromatic N) is 5. The lowest BCUT2D eigenvalue weighted by atomic mass is 10.0. The Bertz CT molecular complexity index is 1310. The number of fused-ring (bicyclic) bond motifs is 1. The van der Waals surface area contributed by atoms with Gasteiger partial charge in [0.05, 0.1) is 41.7 Å². The molecule has 0 bridgehead atoms. The van der Waals surface area contributed by atoms with Gasteiger partial charge in [-0.2, -0.15) is 18.4 Å². The van der Waals surface area contributed by atoms with Crippen molar-refractivity contribution in [3.05, 3.63) is 71.3 Å². The van der Waals surface area contributed by atoms with Gasteiger partial charge in [-0.25, -0.2) is 9.37 Å². The Morgan fingerprint density at radius 2 is 1.97 bits per heavy atom. The number of carbonyl (C=O) groups excluding carboxylic acids is 1. The summed E-state index contributed by atoms with van der Waals surface area (Å²) < 4.78 is 55.8. The van der Waals surface area contributed by atoms with Gasteiger partial charge in [0.25, 0.3) is 5.91 Å². The summed E-state index contributed by atoms with van der Waals surface area (Å²) in [5, 5.41) is 19.0. The van der Waals surface area contributed by atoms with Gasteiger partial charge in [0, 0.05) is 30.1 Å². The average Bonchev–Trinajstić information content (AvgIpc) is 3.23. The summed E-state index contributed by atoms with van der Waals surface area (Å²) >= 11 is 0. The van der Waals surface area contributed by atoms with Crippen molar-refractivity contribution in [3.8, 4) is 17.2 Å². The van der Waals surface area contributed by atoms with E-state index in [2.05, 4.69) is 9.97 Å². The van der Waals surface area contributed by atoms with Crippen molar-refractivity contribution in [2.75, 3.05) is 6.54 Å². The lowest BCUT2D eigenvalue weighted by molar-refractivity contribution is -0.263. The fourth-order valence-corrected chi connectivity index (χ4v) is 4.01. The zero-order valence-corrected chi connectivity index (χ0v) is 18.1. The second-order valence-electron chi connectivity index (χ2n) is 8.32. The van der Waals surface area contributed by atoms with Gasteiger partial charge in [-0.1, -0.05) is 6.07 Å². The highest BCUT2D eigenvalue weighted by molar-refractivity contribution is 5.95. The molecule has 1 unspecified atom stereocenters. The number of halogens is 4. The molecule has 3 heterocycles. The number of hydrogen-bond donors (Lipinski definition) is 1. The van der Waals surface area contributed by atoms with Gasteiger partial charge in [0.1, 0.15) is 5.82 Å². The highest BCUT2D eigenvalue weighted by Gasteiger charge is 2.55. The van der Waals surface area contributed by atoms with Gasteiger partial charge in [0.15, 0.2) is 5.82 Å². The Hall–Kier alpha value is -3.78. The fourth-order valence-electron chi connectivity index (χ4n) is 4.01. The molecule has 0 radical (unpaired) electrons. The summed E-state index contributed by atoms with van der Waals surface area (Å²) in [4.78, 5) is 22.5. The molecule has 1 aliphatic rings. The predicted octanol–water partition coefficient (Wildman–Crippen LogP) is 3.94. The highest BCUT2D eigenvalue weighted by atomic mass is 19.4. The van der Waals surface area contributed by atoms with Crippen LogP contribution in [0.3, 0.4) is 0 Å². The molecule has 3 aromatic rings. The Balaban J connectivity index is 1.62. The van der Waals surface area contributed by atoms with E-state index < -0.39 is 35.4 Å². The summed E-state index contributed by atoms with van der Waals surface area (Å²) in [6, 6.07) is 6.69. The molecule has 0 saturated carbocycles. The van der Waals surface area contributed by atoms with Crippen LogP contribution < -0.4 is 0 Å². The first kappa shape index (κ1) is 23.4. The smallest absolute Gasteiger partial charge is 0.374 e. The lowest BCUT2D eigenvalue weighted by Crippen LogP contribution is -2.45. The minimum Gasteiger partial charge on any atom is -0.374 e. The molecule has 2 aromatic heterocycles. The van der Waals surface area contributed by atoms with Gasteiger partial charge in [-0.15, -0.1) is 0 Å². The topological polar surface area (TPSA) is 95.0 Å². The van der Waals surface area contributed by atoms with E-state index in [9.17, 15) is 27.5 Å². The normalized spacial score (nSPS) is 17.6. The minimum atomic E-state index is -4.92. The van der Waals surface area contributed by atoms with Crippen LogP contribution in [0.1, 0.15) is 47.3 Å². The quantitative estimate of drug-likeness (QED) is 0.582. The van der Waals surface area contributed by atoms with Crippen LogP contribution in [0.5, 0.6) is 0 Å². The van der Waals surface area contributed by atoms with Crippen molar-refractivity contribution in [1.82, 2.24) is 19.4 Å². The monoisotopic (exact) mass is 473 g/mol. The van der Waals surface area contributed by atoms with Crippen molar-refractivity contribution < 1.29 is 27.5 Å². The SMILES string of the molecule is C[C@H]1CN(C(=O)c2cncc(-c3ccc(C#N)cc3F)c2)Cc2cnc(C(C)(O)C(F)(F)F)n21. The molecule has 34 heavy (non-hydrogen) atoms. The maximum atomic E-state index is 14.4. The van der Waals surface area contributed by atoms with Crippen molar-refractivity contribution in [2.24, 2.45) is 0 Å². The average molecular weight is 473 g/mol. The summed E-state index contributed by atoms with van der Waals surface area (Å²) in [6.45, 7) is 2.31. The number of benzene rings is 1. The first-order valence-corrected chi connectivity index (χ1v) is 10.2. The number of aliphatic hydroxyl groups is 1. The third kappa shape index (κ3) is 3.90. The Morgan fingerprint density at radius 3 is 2.62 bits per heavy atom. The molecule has 176 valence electrons. The largest absolute Gasteiger partial charge is 0.424 e. The van der Waals surface area contributed by atoms with E-state index in [4.69, 9.17) is 5.26 Å². The van der Waals surface area contributed by atoms with Gasteiger partial charge in [-0.05, 0) is 32.0 Å². The van der Waals surface area contributed by atoms with E-state index in [0.29, 0.717) is 18.2 Å². The highest BCUT2D eigenvalue weighted by Crippen LogP contribution is 2.40. The molecule has 0 saturated heterocycles. The van der Waals surface area contributed by atoms with Crippen LogP contribution in [0.25, 0.3) is 11.1 Å². The Labute approximate surface area is 191 Å². The molecule has 7 nitrogen and oxygen atoms in total. The van der Waals surface area contributed by atoms with E-state index in [1.165, 1.54) is 46.3 Å². The number of imidazole rings is 1. The van der Waals surface area contributed by atoms with E-state index in [0.717, 1.165) is 6.07 Å². The van der Waals surface area contributed by atoms with E-state index >= 15 is 0 Å². The second kappa shape index (κ2) is 8.22. The molecule has 1 aliphatic heterocycles. The van der Waals surface area contributed by atoms with Crippen LogP contribution in [0.15, 0.2) is 42.9 Å². The maximum Gasteiger partial charge on any atom is 0.424 e. The van der Waals surface area contributed by atoms with Gasteiger partial charge < -0.3 is 14.6 Å². The van der Waals surface area contributed by atoms with Crippen LogP contribution in [0.2, 0.25) is 0 Å². The Kier molecular flexibility index (Phi) is 5.65. The Morgan fingerprint density at radius 1 is 1.24 bits per heavy atom. The first-order valence-electron chi connectivity index (χ1n) is 10.2. The molecule has 11 heteroatoms. The van der Waals surface area contributed by atoms with E-state index in [1.807, 2.05) is 6.07 Å². The predicted molar refractivity (Wildman–Crippen MR) is 112 cm³/mol. The van der Waals surface area contributed by atoms with Crippen molar-refractivity contribution >= 4 is 5.91 Å². The second-order valence-corrected chi connectivity index (χ2v) is 8.32. The molecule has 1 amide bonds. The van der Waals surface area contributed by atoms with Crippen LogP contribution in [0.4, 0.5) is 17.6 Å².